The Hall–Kier alpha value is -1.91. The Kier molecular flexibility index (Phi) is 4.85. The SMILES string of the molecule is Cc1noc2nc(C3CC3)cc(C(=O)N(C3CCCCC3)C3CCCCC3)c12. The lowest BCUT2D eigenvalue weighted by Gasteiger charge is -2.42. The average molecular weight is 382 g/mol. The van der Waals surface area contributed by atoms with Gasteiger partial charge in [0.15, 0.2) is 0 Å². The predicted octanol–water partition coefficient (Wildman–Crippen LogP) is 5.52. The van der Waals surface area contributed by atoms with Gasteiger partial charge >= 0.3 is 0 Å². The van der Waals surface area contributed by atoms with Gasteiger partial charge in [-0.05, 0) is 51.5 Å². The van der Waals surface area contributed by atoms with Gasteiger partial charge in [-0.3, -0.25) is 4.79 Å². The number of hydrogen-bond acceptors (Lipinski definition) is 4. The van der Waals surface area contributed by atoms with Crippen molar-refractivity contribution < 1.29 is 9.32 Å². The minimum absolute atomic E-state index is 0.194. The van der Waals surface area contributed by atoms with Gasteiger partial charge < -0.3 is 9.42 Å². The Balaban J connectivity index is 1.57. The number of nitrogens with zero attached hydrogens (tertiary/aromatic N) is 3. The van der Waals surface area contributed by atoms with Crippen molar-refractivity contribution in [2.24, 2.45) is 0 Å². The van der Waals surface area contributed by atoms with Crippen molar-refractivity contribution in [3.05, 3.63) is 23.0 Å². The Labute approximate surface area is 166 Å². The van der Waals surface area contributed by atoms with Crippen molar-refractivity contribution in [3.8, 4) is 0 Å². The summed E-state index contributed by atoms with van der Waals surface area (Å²) in [6.07, 6.45) is 14.5. The summed E-state index contributed by atoms with van der Waals surface area (Å²) in [5, 5.41) is 4.96. The number of aryl methyl sites for hydroxylation is 1. The fourth-order valence-electron chi connectivity index (χ4n) is 5.36. The number of pyridine rings is 1. The molecule has 0 aromatic carbocycles. The summed E-state index contributed by atoms with van der Waals surface area (Å²) >= 11 is 0. The maximum Gasteiger partial charge on any atom is 0.259 e. The van der Waals surface area contributed by atoms with E-state index in [1.165, 1.54) is 38.5 Å². The van der Waals surface area contributed by atoms with E-state index in [-0.39, 0.29) is 5.91 Å². The zero-order valence-electron chi connectivity index (χ0n) is 17.0. The molecule has 5 rings (SSSR count). The van der Waals surface area contributed by atoms with Gasteiger partial charge in [0.25, 0.3) is 11.6 Å². The zero-order chi connectivity index (χ0) is 19.1. The van der Waals surface area contributed by atoms with Crippen LogP contribution in [0.2, 0.25) is 0 Å². The van der Waals surface area contributed by atoms with Crippen LogP contribution in [-0.4, -0.2) is 33.0 Å². The monoisotopic (exact) mass is 381 g/mol. The smallest absolute Gasteiger partial charge is 0.259 e. The molecule has 3 aliphatic carbocycles. The highest BCUT2D eigenvalue weighted by Crippen LogP contribution is 2.41. The molecule has 2 aromatic rings. The summed E-state index contributed by atoms with van der Waals surface area (Å²) in [6, 6.07) is 2.83. The Morgan fingerprint density at radius 3 is 2.14 bits per heavy atom. The van der Waals surface area contributed by atoms with Crippen molar-refractivity contribution in [2.75, 3.05) is 0 Å². The van der Waals surface area contributed by atoms with Crippen molar-refractivity contribution in [2.45, 2.75) is 102 Å². The second kappa shape index (κ2) is 7.49. The highest BCUT2D eigenvalue weighted by molar-refractivity contribution is 6.06. The molecule has 0 bridgehead atoms. The highest BCUT2D eigenvalue weighted by atomic mass is 16.5. The van der Waals surface area contributed by atoms with Gasteiger partial charge in [0.05, 0.1) is 16.6 Å². The topological polar surface area (TPSA) is 59.2 Å². The maximum atomic E-state index is 14.0. The van der Waals surface area contributed by atoms with E-state index in [0.717, 1.165) is 60.9 Å². The van der Waals surface area contributed by atoms with Gasteiger partial charge in [0.2, 0.25) is 0 Å². The fourth-order valence-corrected chi connectivity index (χ4v) is 5.36. The first kappa shape index (κ1) is 18.1. The summed E-state index contributed by atoms with van der Waals surface area (Å²) in [4.78, 5) is 21.0. The predicted molar refractivity (Wildman–Crippen MR) is 108 cm³/mol. The van der Waals surface area contributed by atoms with Crippen molar-refractivity contribution in [1.29, 1.82) is 0 Å². The maximum absolute atomic E-state index is 14.0. The molecule has 5 heteroatoms. The lowest BCUT2D eigenvalue weighted by Crippen LogP contribution is -2.48. The number of amides is 1. The molecule has 0 spiro atoms. The molecule has 0 atom stereocenters. The molecule has 0 N–H and O–H groups in total. The van der Waals surface area contributed by atoms with Crippen LogP contribution in [0.4, 0.5) is 0 Å². The van der Waals surface area contributed by atoms with E-state index >= 15 is 0 Å². The van der Waals surface area contributed by atoms with Crippen LogP contribution >= 0.6 is 0 Å². The molecule has 0 unspecified atom stereocenters. The molecule has 0 saturated heterocycles. The number of carbonyl (C=O) groups is 1. The minimum atomic E-state index is 0.194. The third-order valence-corrected chi connectivity index (χ3v) is 7.03. The second-order valence-corrected chi connectivity index (χ2v) is 9.11. The van der Waals surface area contributed by atoms with Gasteiger partial charge in [-0.15, -0.1) is 0 Å². The third kappa shape index (κ3) is 3.33. The molecule has 3 aliphatic rings. The summed E-state index contributed by atoms with van der Waals surface area (Å²) in [6.45, 7) is 1.92. The average Bonchev–Trinajstić information content (AvgIpc) is 3.52. The van der Waals surface area contributed by atoms with E-state index in [9.17, 15) is 4.79 Å². The van der Waals surface area contributed by atoms with E-state index in [2.05, 4.69) is 21.1 Å². The number of aromatic nitrogens is 2. The first-order valence-electron chi connectivity index (χ1n) is 11.3. The molecule has 0 radical (unpaired) electrons. The van der Waals surface area contributed by atoms with E-state index in [4.69, 9.17) is 4.52 Å². The summed E-state index contributed by atoms with van der Waals surface area (Å²) in [5.41, 5.74) is 3.11. The molecule has 3 fully saturated rings. The van der Waals surface area contributed by atoms with Crippen molar-refractivity contribution in [3.63, 3.8) is 0 Å². The van der Waals surface area contributed by atoms with Gasteiger partial charge in [-0.25, -0.2) is 4.98 Å². The first-order valence-corrected chi connectivity index (χ1v) is 11.3. The van der Waals surface area contributed by atoms with Crippen LogP contribution in [0.25, 0.3) is 11.1 Å². The van der Waals surface area contributed by atoms with E-state index < -0.39 is 0 Å². The van der Waals surface area contributed by atoms with Crippen LogP contribution in [0.5, 0.6) is 0 Å². The second-order valence-electron chi connectivity index (χ2n) is 9.11. The normalized spacial score (nSPS) is 21.9. The Bertz CT molecular complexity index is 840. The molecule has 5 nitrogen and oxygen atoms in total. The molecular formula is C23H31N3O2. The number of rotatable bonds is 4. The molecule has 150 valence electrons. The molecule has 0 aliphatic heterocycles. The van der Waals surface area contributed by atoms with Crippen LogP contribution in [0.1, 0.15) is 105 Å². The lowest BCUT2D eigenvalue weighted by molar-refractivity contribution is 0.0450. The molecule has 1 amide bonds. The first-order chi connectivity index (χ1) is 13.7. The number of carbonyl (C=O) groups excluding carboxylic acids is 1. The van der Waals surface area contributed by atoms with Gasteiger partial charge in [0, 0.05) is 23.7 Å². The largest absolute Gasteiger partial charge is 0.336 e. The van der Waals surface area contributed by atoms with Crippen LogP contribution < -0.4 is 0 Å². The molecule has 28 heavy (non-hydrogen) atoms. The third-order valence-electron chi connectivity index (χ3n) is 7.03. The van der Waals surface area contributed by atoms with Crippen LogP contribution in [-0.2, 0) is 0 Å². The Morgan fingerprint density at radius 1 is 0.964 bits per heavy atom. The van der Waals surface area contributed by atoms with E-state index in [1.54, 1.807) is 0 Å². The van der Waals surface area contributed by atoms with Crippen LogP contribution in [0.3, 0.4) is 0 Å². The van der Waals surface area contributed by atoms with E-state index in [1.807, 2.05) is 6.92 Å². The van der Waals surface area contributed by atoms with Crippen molar-refractivity contribution >= 4 is 17.0 Å². The van der Waals surface area contributed by atoms with Crippen LogP contribution in [0.15, 0.2) is 10.6 Å². The Morgan fingerprint density at radius 2 is 1.57 bits per heavy atom. The van der Waals surface area contributed by atoms with E-state index in [0.29, 0.717) is 23.7 Å². The molecular weight excluding hydrogens is 350 g/mol. The quantitative estimate of drug-likeness (QED) is 0.700. The summed E-state index contributed by atoms with van der Waals surface area (Å²) in [7, 11) is 0. The summed E-state index contributed by atoms with van der Waals surface area (Å²) < 4.78 is 5.50. The molecule has 2 heterocycles. The molecule has 3 saturated carbocycles. The number of hydrogen-bond donors (Lipinski definition) is 0. The standard InChI is InChI=1S/C23H31N3O2/c1-15-21-19(14-20(16-12-13-16)24-22(21)28-25-15)23(27)26(17-8-4-2-5-9-17)18-10-6-3-7-11-18/h14,16-18H,2-13H2,1H3. The zero-order valence-corrected chi connectivity index (χ0v) is 17.0. The minimum Gasteiger partial charge on any atom is -0.336 e. The van der Waals surface area contributed by atoms with Gasteiger partial charge in [-0.2, -0.15) is 0 Å². The molecule has 2 aromatic heterocycles. The summed E-state index contributed by atoms with van der Waals surface area (Å²) in [5.74, 6) is 0.679. The van der Waals surface area contributed by atoms with Crippen molar-refractivity contribution in [1.82, 2.24) is 15.0 Å². The fraction of sp³-hybridized carbons (Fsp3) is 0.696. The number of fused-ring (bicyclic) bond motifs is 1. The highest BCUT2D eigenvalue weighted by Gasteiger charge is 2.36. The van der Waals surface area contributed by atoms with Gasteiger partial charge in [-0.1, -0.05) is 43.7 Å². The van der Waals surface area contributed by atoms with Crippen LogP contribution in [0, 0.1) is 6.92 Å². The lowest BCUT2D eigenvalue weighted by atomic mass is 9.88. The van der Waals surface area contributed by atoms with Gasteiger partial charge in [0.1, 0.15) is 0 Å².